The molecule has 1 heterocycles. The van der Waals surface area contributed by atoms with Crippen LogP contribution in [0.1, 0.15) is 0 Å². The molecule has 12 heavy (non-hydrogen) atoms. The van der Waals surface area contributed by atoms with Gasteiger partial charge in [-0.05, 0) is 0 Å². The van der Waals surface area contributed by atoms with E-state index in [1.807, 2.05) is 10.4 Å². The van der Waals surface area contributed by atoms with E-state index in [1.54, 1.807) is 0 Å². The lowest BCUT2D eigenvalue weighted by Gasteiger charge is -2.03. The van der Waals surface area contributed by atoms with Gasteiger partial charge in [-0.15, -0.1) is 0 Å². The molecule has 0 saturated heterocycles. The molecular formula is C5H6F2N4O. The minimum Gasteiger partial charge on any atom is -0.394 e. The van der Waals surface area contributed by atoms with Crippen molar-refractivity contribution in [3.63, 3.8) is 0 Å². The molecule has 0 aliphatic rings. The molecule has 0 aliphatic carbocycles. The average Bonchev–Trinajstić information content (AvgIpc) is 2.08. The third-order valence-corrected chi connectivity index (χ3v) is 1.27. The molecule has 0 aliphatic heterocycles. The number of aromatic amines is 1. The van der Waals surface area contributed by atoms with Crippen LogP contribution in [-0.2, 0) is 0 Å². The number of hydrogen-bond donors (Lipinski definition) is 4. The summed E-state index contributed by atoms with van der Waals surface area (Å²) in [5, 5.41) is 0. The van der Waals surface area contributed by atoms with Gasteiger partial charge in [0.25, 0.3) is 5.56 Å². The van der Waals surface area contributed by atoms with Gasteiger partial charge in [0, 0.05) is 0 Å². The van der Waals surface area contributed by atoms with Crippen LogP contribution < -0.4 is 22.6 Å². The third-order valence-electron chi connectivity index (χ3n) is 1.27. The van der Waals surface area contributed by atoms with Crippen LogP contribution in [0, 0.1) is 11.6 Å². The molecule has 0 unspecified atom stereocenters. The van der Waals surface area contributed by atoms with Crippen molar-refractivity contribution >= 4 is 11.5 Å². The van der Waals surface area contributed by atoms with Crippen molar-refractivity contribution < 1.29 is 8.78 Å². The second-order valence-electron chi connectivity index (χ2n) is 2.02. The molecule has 0 saturated carbocycles. The summed E-state index contributed by atoms with van der Waals surface area (Å²) < 4.78 is 25.3. The fourth-order valence-corrected chi connectivity index (χ4v) is 0.676. The molecule has 0 spiro atoms. The van der Waals surface area contributed by atoms with Gasteiger partial charge in [-0.3, -0.25) is 4.79 Å². The van der Waals surface area contributed by atoms with E-state index in [2.05, 4.69) is 0 Å². The van der Waals surface area contributed by atoms with Crippen molar-refractivity contribution in [1.82, 2.24) is 4.98 Å². The SMILES string of the molecule is NNc1[nH]c(=O)c(F)c(N)c1F. The summed E-state index contributed by atoms with van der Waals surface area (Å²) in [4.78, 5) is 12.4. The van der Waals surface area contributed by atoms with Gasteiger partial charge in [0.05, 0.1) is 0 Å². The minimum atomic E-state index is -1.36. The largest absolute Gasteiger partial charge is 0.394 e. The number of nitrogens with two attached hydrogens (primary N) is 2. The summed E-state index contributed by atoms with van der Waals surface area (Å²) in [6, 6.07) is 0. The first-order chi connectivity index (χ1) is 5.57. The van der Waals surface area contributed by atoms with E-state index in [9.17, 15) is 13.6 Å². The van der Waals surface area contributed by atoms with E-state index < -0.39 is 28.7 Å². The molecule has 1 aromatic heterocycles. The molecule has 66 valence electrons. The Bertz CT molecular complexity index is 361. The lowest BCUT2D eigenvalue weighted by Crippen LogP contribution is -2.21. The van der Waals surface area contributed by atoms with Crippen LogP contribution in [0.4, 0.5) is 20.3 Å². The van der Waals surface area contributed by atoms with E-state index in [-0.39, 0.29) is 0 Å². The summed E-state index contributed by atoms with van der Waals surface area (Å²) in [7, 11) is 0. The van der Waals surface area contributed by atoms with Gasteiger partial charge in [-0.25, -0.2) is 10.2 Å². The van der Waals surface area contributed by atoms with Crippen molar-refractivity contribution in [2.45, 2.75) is 0 Å². The standard InChI is InChI=1S/C5H6F2N4O/c6-1-3(8)2(7)5(12)10-4(1)11-9/h9H2,(H4,8,10,11,12). The van der Waals surface area contributed by atoms with Crippen molar-refractivity contribution in [2.75, 3.05) is 11.2 Å². The number of rotatable bonds is 1. The minimum absolute atomic E-state index is 0.445. The second kappa shape index (κ2) is 2.78. The van der Waals surface area contributed by atoms with E-state index in [4.69, 9.17) is 11.6 Å². The molecular weight excluding hydrogens is 170 g/mol. The topological polar surface area (TPSA) is 96.9 Å². The third kappa shape index (κ3) is 1.10. The fourth-order valence-electron chi connectivity index (χ4n) is 0.676. The lowest BCUT2D eigenvalue weighted by molar-refractivity contribution is 0.575. The summed E-state index contributed by atoms with van der Waals surface area (Å²) in [6.45, 7) is 0. The highest BCUT2D eigenvalue weighted by Gasteiger charge is 2.13. The predicted molar refractivity (Wildman–Crippen MR) is 39.2 cm³/mol. The maximum atomic E-state index is 12.8. The first kappa shape index (κ1) is 8.47. The van der Waals surface area contributed by atoms with Crippen LogP contribution in [0.15, 0.2) is 4.79 Å². The van der Waals surface area contributed by atoms with Gasteiger partial charge in [0.15, 0.2) is 11.6 Å². The zero-order chi connectivity index (χ0) is 9.30. The van der Waals surface area contributed by atoms with Crippen molar-refractivity contribution in [3.8, 4) is 0 Å². The Morgan fingerprint density at radius 2 is 1.92 bits per heavy atom. The maximum Gasteiger partial charge on any atom is 0.287 e. The number of anilines is 2. The van der Waals surface area contributed by atoms with E-state index in [1.165, 1.54) is 0 Å². The zero-order valence-electron chi connectivity index (χ0n) is 5.82. The Balaban J connectivity index is 3.50. The van der Waals surface area contributed by atoms with Gasteiger partial charge in [0.2, 0.25) is 5.82 Å². The Morgan fingerprint density at radius 1 is 1.33 bits per heavy atom. The summed E-state index contributed by atoms with van der Waals surface area (Å²) in [5.41, 5.74) is 4.74. The highest BCUT2D eigenvalue weighted by Crippen LogP contribution is 2.16. The first-order valence-corrected chi connectivity index (χ1v) is 2.91. The number of aromatic nitrogens is 1. The number of hydrogen-bond acceptors (Lipinski definition) is 4. The molecule has 7 heteroatoms. The Hall–Kier alpha value is -1.63. The van der Waals surface area contributed by atoms with Gasteiger partial charge >= 0.3 is 0 Å². The number of halogens is 2. The molecule has 0 radical (unpaired) electrons. The number of nitrogens with one attached hydrogen (secondary N) is 2. The van der Waals surface area contributed by atoms with E-state index in [0.717, 1.165) is 0 Å². The predicted octanol–water partition coefficient (Wildman–Crippen LogP) is -0.479. The van der Waals surface area contributed by atoms with E-state index in [0.29, 0.717) is 0 Å². The molecule has 5 nitrogen and oxygen atoms in total. The number of hydrazine groups is 1. The number of pyridine rings is 1. The summed E-state index contributed by atoms with van der Waals surface area (Å²) >= 11 is 0. The molecule has 6 N–H and O–H groups in total. The molecule has 1 aromatic rings. The first-order valence-electron chi connectivity index (χ1n) is 2.91. The highest BCUT2D eigenvalue weighted by atomic mass is 19.1. The Kier molecular flexibility index (Phi) is 1.96. The molecule has 1 rings (SSSR count). The molecule has 0 aromatic carbocycles. The molecule has 0 bridgehead atoms. The maximum absolute atomic E-state index is 12.8. The van der Waals surface area contributed by atoms with Crippen LogP contribution in [-0.4, -0.2) is 4.98 Å². The Morgan fingerprint density at radius 3 is 2.42 bits per heavy atom. The van der Waals surface area contributed by atoms with E-state index >= 15 is 0 Å². The Labute approximate surface area is 65.3 Å². The van der Waals surface area contributed by atoms with Crippen LogP contribution in [0.5, 0.6) is 0 Å². The second-order valence-corrected chi connectivity index (χ2v) is 2.02. The summed E-state index contributed by atoms with van der Waals surface area (Å²) in [6.07, 6.45) is 0. The normalized spacial score (nSPS) is 9.92. The van der Waals surface area contributed by atoms with Gasteiger partial charge < -0.3 is 16.1 Å². The highest BCUT2D eigenvalue weighted by molar-refractivity contribution is 5.51. The van der Waals surface area contributed by atoms with Crippen molar-refractivity contribution in [1.29, 1.82) is 0 Å². The molecule has 0 atom stereocenters. The van der Waals surface area contributed by atoms with Crippen LogP contribution in [0.2, 0.25) is 0 Å². The quantitative estimate of drug-likeness (QED) is 0.343. The number of nitrogen functional groups attached to an aromatic ring is 2. The average molecular weight is 176 g/mol. The van der Waals surface area contributed by atoms with Crippen LogP contribution in [0.25, 0.3) is 0 Å². The monoisotopic (exact) mass is 176 g/mol. The van der Waals surface area contributed by atoms with Gasteiger partial charge in [-0.1, -0.05) is 0 Å². The number of H-pyrrole nitrogens is 1. The van der Waals surface area contributed by atoms with Gasteiger partial charge in [0.1, 0.15) is 5.69 Å². The van der Waals surface area contributed by atoms with Gasteiger partial charge in [-0.2, -0.15) is 4.39 Å². The zero-order valence-corrected chi connectivity index (χ0v) is 5.82. The van der Waals surface area contributed by atoms with Crippen molar-refractivity contribution in [3.05, 3.63) is 22.0 Å². The lowest BCUT2D eigenvalue weighted by atomic mass is 10.3. The molecule has 0 fully saturated rings. The smallest absolute Gasteiger partial charge is 0.287 e. The van der Waals surface area contributed by atoms with Crippen LogP contribution >= 0.6 is 0 Å². The van der Waals surface area contributed by atoms with Crippen molar-refractivity contribution in [2.24, 2.45) is 5.84 Å². The van der Waals surface area contributed by atoms with Crippen LogP contribution in [0.3, 0.4) is 0 Å². The summed E-state index contributed by atoms with van der Waals surface area (Å²) in [5.74, 6) is 1.88. The fraction of sp³-hybridized carbons (Fsp3) is 0. The molecule has 0 amide bonds.